The molecule has 0 unspecified atom stereocenters. The number of hydrogen-bond donors (Lipinski definition) is 1. The number of alkyl halides is 3. The van der Waals surface area contributed by atoms with Crippen LogP contribution >= 0.6 is 11.8 Å². The number of carbonyl (C=O) groups excluding carboxylic acids is 1. The molecule has 0 bridgehead atoms. The van der Waals surface area contributed by atoms with Gasteiger partial charge < -0.3 is 5.32 Å². The van der Waals surface area contributed by atoms with Crippen molar-refractivity contribution < 1.29 is 18.0 Å². The largest absolute Gasteiger partial charge is 0.417 e. The molecular formula is C15H13F3N2OS. The fraction of sp³-hybridized carbons (Fsp3) is 0.200. The van der Waals surface area contributed by atoms with E-state index in [1.807, 2.05) is 18.4 Å². The van der Waals surface area contributed by atoms with Gasteiger partial charge in [-0.15, -0.1) is 0 Å². The Morgan fingerprint density at radius 1 is 1.18 bits per heavy atom. The van der Waals surface area contributed by atoms with Gasteiger partial charge in [-0.25, -0.2) is 4.98 Å². The molecule has 22 heavy (non-hydrogen) atoms. The van der Waals surface area contributed by atoms with E-state index < -0.39 is 17.6 Å². The molecule has 0 saturated heterocycles. The molecule has 0 atom stereocenters. The van der Waals surface area contributed by atoms with Gasteiger partial charge in [0.15, 0.2) is 0 Å². The topological polar surface area (TPSA) is 42.0 Å². The third kappa shape index (κ3) is 4.24. The van der Waals surface area contributed by atoms with Crippen LogP contribution in [-0.2, 0) is 11.9 Å². The van der Waals surface area contributed by atoms with Crippen molar-refractivity contribution in [2.45, 2.75) is 11.9 Å². The lowest BCUT2D eigenvalue weighted by Gasteiger charge is -2.08. The zero-order valence-electron chi connectivity index (χ0n) is 11.6. The van der Waals surface area contributed by atoms with Crippen LogP contribution in [0.1, 0.15) is 21.5 Å². The summed E-state index contributed by atoms with van der Waals surface area (Å²) in [6, 6.07) is 9.03. The molecule has 2 rings (SSSR count). The maximum absolute atomic E-state index is 12.4. The van der Waals surface area contributed by atoms with Gasteiger partial charge in [-0.05, 0) is 36.1 Å². The molecule has 0 radical (unpaired) electrons. The summed E-state index contributed by atoms with van der Waals surface area (Å²) in [4.78, 5) is 15.6. The predicted octanol–water partition coefficient (Wildman–Crippen LogP) is 4.22. The first-order chi connectivity index (χ1) is 10.4. The lowest BCUT2D eigenvalue weighted by atomic mass is 10.1. The summed E-state index contributed by atoms with van der Waals surface area (Å²) in [5.74, 6) is 0.511. The van der Waals surface area contributed by atoms with E-state index in [9.17, 15) is 18.0 Å². The molecule has 0 spiro atoms. The van der Waals surface area contributed by atoms with Crippen LogP contribution in [0.2, 0.25) is 0 Å². The number of benzene rings is 1. The van der Waals surface area contributed by atoms with Crippen molar-refractivity contribution in [3.63, 3.8) is 0 Å². The summed E-state index contributed by atoms with van der Waals surface area (Å²) in [5.41, 5.74) is 0.662. The quantitative estimate of drug-likeness (QED) is 0.915. The highest BCUT2D eigenvalue weighted by molar-refractivity contribution is 7.97. The van der Waals surface area contributed by atoms with Gasteiger partial charge in [-0.2, -0.15) is 24.9 Å². The number of halogens is 3. The SMILES string of the molecule is CSCc1ccc(C(=O)Nc2ccc(C(F)(F)F)cn2)cc1. The van der Waals surface area contributed by atoms with Gasteiger partial charge in [0.25, 0.3) is 5.91 Å². The van der Waals surface area contributed by atoms with E-state index in [4.69, 9.17) is 0 Å². The molecule has 0 aliphatic heterocycles. The molecular weight excluding hydrogens is 313 g/mol. The number of nitrogens with zero attached hydrogens (tertiary/aromatic N) is 1. The summed E-state index contributed by atoms with van der Waals surface area (Å²) in [7, 11) is 0. The lowest BCUT2D eigenvalue weighted by molar-refractivity contribution is -0.137. The van der Waals surface area contributed by atoms with E-state index >= 15 is 0 Å². The number of aromatic nitrogens is 1. The highest BCUT2D eigenvalue weighted by atomic mass is 32.2. The second-order valence-corrected chi connectivity index (χ2v) is 5.38. The maximum Gasteiger partial charge on any atom is 0.417 e. The van der Waals surface area contributed by atoms with Gasteiger partial charge in [-0.1, -0.05) is 12.1 Å². The minimum Gasteiger partial charge on any atom is -0.307 e. The first kappa shape index (κ1) is 16.4. The van der Waals surface area contributed by atoms with Crippen molar-refractivity contribution in [3.8, 4) is 0 Å². The molecule has 0 saturated carbocycles. The Balaban J connectivity index is 2.05. The van der Waals surface area contributed by atoms with Crippen LogP contribution in [0.25, 0.3) is 0 Å². The van der Waals surface area contributed by atoms with Crippen LogP contribution in [-0.4, -0.2) is 17.1 Å². The molecule has 0 fully saturated rings. The molecule has 0 aliphatic carbocycles. The van der Waals surface area contributed by atoms with Crippen molar-refractivity contribution in [2.24, 2.45) is 0 Å². The minimum absolute atomic E-state index is 0.0752. The Hall–Kier alpha value is -2.02. The van der Waals surface area contributed by atoms with E-state index in [1.165, 1.54) is 0 Å². The zero-order chi connectivity index (χ0) is 16.2. The number of hydrogen-bond acceptors (Lipinski definition) is 3. The van der Waals surface area contributed by atoms with E-state index in [0.717, 1.165) is 23.4 Å². The van der Waals surface area contributed by atoms with Crippen molar-refractivity contribution in [1.29, 1.82) is 0 Å². The van der Waals surface area contributed by atoms with E-state index in [1.54, 1.807) is 23.9 Å². The number of rotatable bonds is 4. The Bertz CT molecular complexity index is 639. The molecule has 1 aromatic heterocycles. The monoisotopic (exact) mass is 326 g/mol. The predicted molar refractivity (Wildman–Crippen MR) is 80.9 cm³/mol. The summed E-state index contributed by atoms with van der Waals surface area (Å²) in [6.07, 6.45) is -1.77. The zero-order valence-corrected chi connectivity index (χ0v) is 12.5. The van der Waals surface area contributed by atoms with E-state index in [2.05, 4.69) is 10.3 Å². The molecule has 1 N–H and O–H groups in total. The van der Waals surface area contributed by atoms with Gasteiger partial charge in [0.2, 0.25) is 0 Å². The smallest absolute Gasteiger partial charge is 0.307 e. The molecule has 1 aromatic carbocycles. The van der Waals surface area contributed by atoms with Crippen LogP contribution in [0, 0.1) is 0 Å². The summed E-state index contributed by atoms with van der Waals surface area (Å²) >= 11 is 1.67. The van der Waals surface area contributed by atoms with Crippen LogP contribution < -0.4 is 5.32 Å². The Labute approximate surface area is 129 Å². The highest BCUT2D eigenvalue weighted by Gasteiger charge is 2.30. The molecule has 116 valence electrons. The standard InChI is InChI=1S/C15H13F3N2OS/c1-22-9-10-2-4-11(5-3-10)14(21)20-13-7-6-12(8-19-13)15(16,17)18/h2-8H,9H2,1H3,(H,19,20,21). The number of thioether (sulfide) groups is 1. The summed E-state index contributed by atoms with van der Waals surface area (Å²) < 4.78 is 37.3. The second-order valence-electron chi connectivity index (χ2n) is 4.51. The van der Waals surface area contributed by atoms with E-state index in [0.29, 0.717) is 11.8 Å². The Kier molecular flexibility index (Phi) is 5.07. The lowest BCUT2D eigenvalue weighted by Crippen LogP contribution is -2.13. The van der Waals surface area contributed by atoms with Gasteiger partial charge >= 0.3 is 6.18 Å². The van der Waals surface area contributed by atoms with Crippen molar-refractivity contribution >= 4 is 23.5 Å². The molecule has 2 aromatic rings. The number of anilines is 1. The number of amides is 1. The van der Waals surface area contributed by atoms with Gasteiger partial charge in [0.1, 0.15) is 5.82 Å². The average molecular weight is 326 g/mol. The molecule has 7 heteroatoms. The number of pyridine rings is 1. The van der Waals surface area contributed by atoms with Crippen LogP contribution in [0.3, 0.4) is 0 Å². The third-order valence-electron chi connectivity index (χ3n) is 2.86. The van der Waals surface area contributed by atoms with Gasteiger partial charge in [-0.3, -0.25) is 4.79 Å². The fourth-order valence-corrected chi connectivity index (χ4v) is 2.27. The molecule has 1 amide bonds. The minimum atomic E-state index is -4.44. The second kappa shape index (κ2) is 6.83. The third-order valence-corrected chi connectivity index (χ3v) is 3.48. The van der Waals surface area contributed by atoms with Crippen molar-refractivity contribution in [1.82, 2.24) is 4.98 Å². The van der Waals surface area contributed by atoms with Crippen LogP contribution in [0.5, 0.6) is 0 Å². The van der Waals surface area contributed by atoms with Crippen molar-refractivity contribution in [2.75, 3.05) is 11.6 Å². The molecule has 3 nitrogen and oxygen atoms in total. The Morgan fingerprint density at radius 3 is 2.36 bits per heavy atom. The van der Waals surface area contributed by atoms with Gasteiger partial charge in [0, 0.05) is 17.5 Å². The first-order valence-electron chi connectivity index (χ1n) is 6.32. The van der Waals surface area contributed by atoms with Crippen molar-refractivity contribution in [3.05, 3.63) is 59.3 Å². The molecule has 1 heterocycles. The average Bonchev–Trinajstić information content (AvgIpc) is 2.48. The van der Waals surface area contributed by atoms with E-state index in [-0.39, 0.29) is 5.82 Å². The maximum atomic E-state index is 12.4. The fourth-order valence-electron chi connectivity index (χ4n) is 1.74. The number of nitrogens with one attached hydrogen (secondary N) is 1. The normalized spacial score (nSPS) is 11.3. The van der Waals surface area contributed by atoms with Gasteiger partial charge in [0.05, 0.1) is 5.56 Å². The van der Waals surface area contributed by atoms with Crippen LogP contribution in [0.15, 0.2) is 42.6 Å². The molecule has 0 aliphatic rings. The summed E-state index contributed by atoms with van der Waals surface area (Å²) in [6.45, 7) is 0. The van der Waals surface area contributed by atoms with Crippen LogP contribution in [0.4, 0.5) is 19.0 Å². The first-order valence-corrected chi connectivity index (χ1v) is 7.72. The Morgan fingerprint density at radius 2 is 1.86 bits per heavy atom. The number of carbonyl (C=O) groups is 1. The summed E-state index contributed by atoms with van der Waals surface area (Å²) in [5, 5.41) is 2.47. The highest BCUT2D eigenvalue weighted by Crippen LogP contribution is 2.28.